The minimum Gasteiger partial charge on any atom is -0.311 e. The summed E-state index contributed by atoms with van der Waals surface area (Å²) < 4.78 is 2.18. The summed E-state index contributed by atoms with van der Waals surface area (Å²) in [5.41, 5.74) is 2.34. The molecule has 0 atom stereocenters. The van der Waals surface area contributed by atoms with Gasteiger partial charge in [-0.25, -0.2) is 4.98 Å². The van der Waals surface area contributed by atoms with Crippen molar-refractivity contribution in [1.82, 2.24) is 20.1 Å². The van der Waals surface area contributed by atoms with Crippen LogP contribution >= 0.6 is 11.3 Å². The van der Waals surface area contributed by atoms with Crippen LogP contribution in [0.4, 0.5) is 0 Å². The van der Waals surface area contributed by atoms with Gasteiger partial charge in [0.05, 0.1) is 22.4 Å². The number of hydrogen-bond acceptors (Lipinski definition) is 4. The summed E-state index contributed by atoms with van der Waals surface area (Å²) in [5.74, 6) is 0. The summed E-state index contributed by atoms with van der Waals surface area (Å²) in [6.45, 7) is 3.86. The van der Waals surface area contributed by atoms with Crippen molar-refractivity contribution < 1.29 is 0 Å². The lowest BCUT2D eigenvalue weighted by atomic mass is 9.96. The molecule has 21 heavy (non-hydrogen) atoms. The molecule has 1 N–H and O–H groups in total. The van der Waals surface area contributed by atoms with Crippen LogP contribution in [-0.2, 0) is 13.0 Å². The van der Waals surface area contributed by atoms with Crippen molar-refractivity contribution in [2.45, 2.75) is 58.0 Å². The number of nitrogens with zero attached hydrogens (tertiary/aromatic N) is 3. The number of nitrogens with one attached hydrogen (secondary N) is 1. The van der Waals surface area contributed by atoms with E-state index >= 15 is 0 Å². The van der Waals surface area contributed by atoms with E-state index in [-0.39, 0.29) is 0 Å². The summed E-state index contributed by atoms with van der Waals surface area (Å²) in [7, 11) is 0. The fraction of sp³-hybridized carbons (Fsp3) is 0.625. The summed E-state index contributed by atoms with van der Waals surface area (Å²) in [4.78, 5) is 4.48. The van der Waals surface area contributed by atoms with Crippen molar-refractivity contribution >= 4 is 11.3 Å². The zero-order chi connectivity index (χ0) is 14.5. The second kappa shape index (κ2) is 7.18. The molecule has 2 heterocycles. The van der Waals surface area contributed by atoms with Gasteiger partial charge in [0, 0.05) is 31.1 Å². The third-order valence-corrected chi connectivity index (χ3v) is 4.97. The summed E-state index contributed by atoms with van der Waals surface area (Å²) in [6, 6.07) is 2.78. The third-order valence-electron chi connectivity index (χ3n) is 4.14. The zero-order valence-corrected chi connectivity index (χ0v) is 13.5. The van der Waals surface area contributed by atoms with Gasteiger partial charge in [0.2, 0.25) is 0 Å². The topological polar surface area (TPSA) is 42.7 Å². The van der Waals surface area contributed by atoms with Crippen LogP contribution in [0.3, 0.4) is 0 Å². The van der Waals surface area contributed by atoms with Crippen LogP contribution in [0, 0.1) is 6.92 Å². The Morgan fingerprint density at radius 1 is 1.29 bits per heavy atom. The van der Waals surface area contributed by atoms with E-state index in [0.717, 1.165) is 30.2 Å². The molecule has 0 radical (unpaired) electrons. The summed E-state index contributed by atoms with van der Waals surface area (Å²) >= 11 is 1.72. The Morgan fingerprint density at radius 2 is 2.14 bits per heavy atom. The molecule has 1 saturated carbocycles. The quantitative estimate of drug-likeness (QED) is 0.831. The van der Waals surface area contributed by atoms with Gasteiger partial charge in [0.25, 0.3) is 0 Å². The van der Waals surface area contributed by atoms with Crippen molar-refractivity contribution in [3.8, 4) is 0 Å². The molecule has 0 saturated heterocycles. The predicted molar refractivity (Wildman–Crippen MR) is 86.6 cm³/mol. The average Bonchev–Trinajstić information content (AvgIpc) is 3.14. The first-order valence-electron chi connectivity index (χ1n) is 7.97. The second-order valence-electron chi connectivity index (χ2n) is 5.86. The van der Waals surface area contributed by atoms with E-state index < -0.39 is 0 Å². The molecule has 2 aromatic heterocycles. The Labute approximate surface area is 130 Å². The Bertz CT molecular complexity index is 554. The van der Waals surface area contributed by atoms with Crippen LogP contribution in [0.1, 0.15) is 54.5 Å². The minimum absolute atomic E-state index is 0.630. The molecule has 0 bridgehead atoms. The van der Waals surface area contributed by atoms with Gasteiger partial charge >= 0.3 is 0 Å². The van der Waals surface area contributed by atoms with E-state index in [2.05, 4.69) is 39.5 Å². The average molecular weight is 304 g/mol. The van der Waals surface area contributed by atoms with Crippen molar-refractivity contribution in [1.29, 1.82) is 0 Å². The van der Waals surface area contributed by atoms with Crippen molar-refractivity contribution in [2.75, 3.05) is 6.54 Å². The lowest BCUT2D eigenvalue weighted by molar-refractivity contribution is 0.327. The maximum Gasteiger partial charge on any atom is 0.0897 e. The Balaban J connectivity index is 1.42. The van der Waals surface area contributed by atoms with E-state index in [1.165, 1.54) is 37.8 Å². The molecule has 0 aliphatic heterocycles. The standard InChI is InChI=1S/C16H24N4S/c1-13-18-15(12-21-13)7-9-17-11-14-8-10-20(19-14)16-5-3-2-4-6-16/h8,10,12,16-17H,2-7,9,11H2,1H3. The number of thiazole rings is 1. The fourth-order valence-electron chi connectivity index (χ4n) is 2.98. The molecule has 1 aliphatic carbocycles. The number of hydrogen-bond donors (Lipinski definition) is 1. The second-order valence-corrected chi connectivity index (χ2v) is 6.93. The molecule has 114 valence electrons. The smallest absolute Gasteiger partial charge is 0.0897 e. The van der Waals surface area contributed by atoms with E-state index in [1.807, 2.05) is 0 Å². The molecule has 4 nitrogen and oxygen atoms in total. The largest absolute Gasteiger partial charge is 0.311 e. The van der Waals surface area contributed by atoms with Crippen LogP contribution in [-0.4, -0.2) is 21.3 Å². The molecule has 0 spiro atoms. The van der Waals surface area contributed by atoms with Crippen molar-refractivity contribution in [3.05, 3.63) is 34.0 Å². The lowest BCUT2D eigenvalue weighted by Crippen LogP contribution is -2.18. The van der Waals surface area contributed by atoms with E-state index in [0.29, 0.717) is 6.04 Å². The molecule has 0 amide bonds. The van der Waals surface area contributed by atoms with Crippen LogP contribution < -0.4 is 5.32 Å². The highest BCUT2D eigenvalue weighted by atomic mass is 32.1. The maximum absolute atomic E-state index is 4.72. The van der Waals surface area contributed by atoms with Gasteiger partial charge in [-0.2, -0.15) is 5.10 Å². The van der Waals surface area contributed by atoms with Crippen molar-refractivity contribution in [2.24, 2.45) is 0 Å². The van der Waals surface area contributed by atoms with Gasteiger partial charge in [-0.05, 0) is 25.8 Å². The zero-order valence-electron chi connectivity index (χ0n) is 12.7. The number of aromatic nitrogens is 3. The molecule has 1 aliphatic rings. The molecular formula is C16H24N4S. The van der Waals surface area contributed by atoms with Gasteiger partial charge in [0.15, 0.2) is 0 Å². The fourth-order valence-corrected chi connectivity index (χ4v) is 3.62. The van der Waals surface area contributed by atoms with Crippen LogP contribution in [0.5, 0.6) is 0 Å². The summed E-state index contributed by atoms with van der Waals surface area (Å²) in [5, 5.41) is 11.5. The van der Waals surface area contributed by atoms with Gasteiger partial charge in [-0.3, -0.25) is 4.68 Å². The van der Waals surface area contributed by atoms with Gasteiger partial charge in [0.1, 0.15) is 0 Å². The normalized spacial score (nSPS) is 16.4. The Morgan fingerprint density at radius 3 is 2.90 bits per heavy atom. The Kier molecular flexibility index (Phi) is 5.04. The van der Waals surface area contributed by atoms with E-state index in [4.69, 9.17) is 5.10 Å². The molecular weight excluding hydrogens is 280 g/mol. The molecule has 1 fully saturated rings. The SMILES string of the molecule is Cc1nc(CCNCc2ccn(C3CCCCC3)n2)cs1. The van der Waals surface area contributed by atoms with Crippen LogP contribution in [0.25, 0.3) is 0 Å². The number of aryl methyl sites for hydroxylation is 1. The highest BCUT2D eigenvalue weighted by Gasteiger charge is 2.15. The maximum atomic E-state index is 4.72. The van der Waals surface area contributed by atoms with E-state index in [9.17, 15) is 0 Å². The van der Waals surface area contributed by atoms with Crippen LogP contribution in [0.15, 0.2) is 17.6 Å². The molecule has 0 unspecified atom stereocenters. The first-order valence-corrected chi connectivity index (χ1v) is 8.85. The molecule has 2 aromatic rings. The van der Waals surface area contributed by atoms with E-state index in [1.54, 1.807) is 11.3 Å². The molecule has 3 rings (SSSR count). The molecule has 5 heteroatoms. The number of rotatable bonds is 6. The Hall–Kier alpha value is -1.20. The highest BCUT2D eigenvalue weighted by molar-refractivity contribution is 7.09. The van der Waals surface area contributed by atoms with Gasteiger partial charge in [-0.1, -0.05) is 19.3 Å². The van der Waals surface area contributed by atoms with Gasteiger partial charge in [-0.15, -0.1) is 11.3 Å². The first-order chi connectivity index (χ1) is 10.3. The minimum atomic E-state index is 0.630. The lowest BCUT2D eigenvalue weighted by Gasteiger charge is -2.21. The highest BCUT2D eigenvalue weighted by Crippen LogP contribution is 2.27. The predicted octanol–water partition coefficient (Wildman–Crippen LogP) is 3.49. The van der Waals surface area contributed by atoms with Crippen LogP contribution in [0.2, 0.25) is 0 Å². The van der Waals surface area contributed by atoms with Gasteiger partial charge < -0.3 is 5.32 Å². The monoisotopic (exact) mass is 304 g/mol. The first kappa shape index (κ1) is 14.7. The summed E-state index contributed by atoms with van der Waals surface area (Å²) in [6.07, 6.45) is 9.82. The third kappa shape index (κ3) is 4.14. The molecule has 0 aromatic carbocycles. The van der Waals surface area contributed by atoms with Crippen molar-refractivity contribution in [3.63, 3.8) is 0 Å².